The van der Waals surface area contributed by atoms with Gasteiger partial charge in [-0.2, -0.15) is 13.2 Å². The van der Waals surface area contributed by atoms with Gasteiger partial charge in [0.05, 0.1) is 30.5 Å². The Balaban J connectivity index is 1.71. The fourth-order valence-corrected chi connectivity index (χ4v) is 5.18. The molecule has 16 nitrogen and oxygen atoms in total. The van der Waals surface area contributed by atoms with Crippen LogP contribution >= 0.6 is 0 Å². The number of unbranched alkanes of at least 4 members (excludes halogenated alkanes) is 1. The predicted octanol–water partition coefficient (Wildman–Crippen LogP) is 3.35. The fraction of sp³-hybridized carbons (Fsp3) is 0.667. The highest BCUT2D eigenvalue weighted by Crippen LogP contribution is 2.38. The van der Waals surface area contributed by atoms with E-state index in [0.29, 0.717) is 25.7 Å². The van der Waals surface area contributed by atoms with Crippen molar-refractivity contribution in [2.45, 2.75) is 88.4 Å². The molecule has 0 bridgehead atoms. The van der Waals surface area contributed by atoms with Crippen LogP contribution in [0.4, 0.5) is 13.2 Å². The zero-order valence-corrected chi connectivity index (χ0v) is 26.5. The number of hydrogen-bond donors (Lipinski definition) is 3. The summed E-state index contributed by atoms with van der Waals surface area (Å²) in [5.41, 5.74) is -0.871. The van der Waals surface area contributed by atoms with Gasteiger partial charge in [-0.15, -0.1) is 20.2 Å². The lowest BCUT2D eigenvalue weighted by Crippen LogP contribution is -2.30. The number of benzene rings is 1. The van der Waals surface area contributed by atoms with Crippen molar-refractivity contribution in [3.8, 4) is 5.75 Å². The maximum Gasteiger partial charge on any atom is 0.416 e. The van der Waals surface area contributed by atoms with Gasteiger partial charge in [-0.25, -0.2) is 0 Å². The number of nitrogens with zero attached hydrogens (tertiary/aromatic N) is 2. The molecular weight excluding hydrogens is 669 g/mol. The van der Waals surface area contributed by atoms with Gasteiger partial charge in [-0.1, -0.05) is 18.2 Å². The number of carbonyl (C=O) groups is 2. The number of allylic oxidation sites excluding steroid dienone is 2. The molecule has 6 atom stereocenters. The van der Waals surface area contributed by atoms with Crippen molar-refractivity contribution in [1.29, 1.82) is 0 Å². The standard InChI is InChI=1S/C30H41F3N2O14/c31-30(32,33)20-7-5-8-22(15-20)45-17-21(36)12-13-25-24(26(37)16-27(25)38)9-3-1-2-4-10-28(39)46-18-23(19-48-35(43)44)49-29(40)11-6-14-47-34(41)42/h1,3,5,7-8,15,21,23-27,36-38H,2,4,6,9-14,16-19H2/b3-1-/t21-,23?,24-,25-,26+,27-/m1/s1. The zero-order valence-electron chi connectivity index (χ0n) is 26.5. The molecule has 1 unspecified atom stereocenters. The number of alkyl halides is 3. The Morgan fingerprint density at radius 3 is 2.35 bits per heavy atom. The van der Waals surface area contributed by atoms with Crippen LogP contribution in [0.25, 0.3) is 0 Å². The summed E-state index contributed by atoms with van der Waals surface area (Å²) in [7, 11) is 0. The first-order valence-electron chi connectivity index (χ1n) is 15.5. The van der Waals surface area contributed by atoms with E-state index in [1.165, 1.54) is 12.1 Å². The van der Waals surface area contributed by atoms with E-state index >= 15 is 0 Å². The van der Waals surface area contributed by atoms with Crippen molar-refractivity contribution in [1.82, 2.24) is 0 Å². The van der Waals surface area contributed by atoms with Crippen molar-refractivity contribution in [2.75, 3.05) is 26.4 Å². The third kappa shape index (κ3) is 16.6. The molecule has 276 valence electrons. The SMILES string of the molecule is O=C(CCC/C=C\C[C@@H]1[C@@H](CC[C@@H](O)COc2cccc(C(F)(F)F)c2)[C@H](O)C[C@@H]1O)OCC(CO[N+](=O)[O-])OC(=O)CCCO[N+](=O)[O-]. The van der Waals surface area contributed by atoms with Gasteiger partial charge < -0.3 is 39.2 Å². The average Bonchev–Trinajstić information content (AvgIpc) is 3.30. The molecule has 0 amide bonds. The number of ether oxygens (including phenoxy) is 3. The molecule has 1 aromatic rings. The molecule has 2 rings (SSSR count). The van der Waals surface area contributed by atoms with Crippen LogP contribution in [0.5, 0.6) is 5.75 Å². The van der Waals surface area contributed by atoms with Gasteiger partial charge >= 0.3 is 18.1 Å². The molecule has 0 saturated heterocycles. The summed E-state index contributed by atoms with van der Waals surface area (Å²) in [5.74, 6) is -2.21. The van der Waals surface area contributed by atoms with E-state index in [2.05, 4.69) is 9.68 Å². The summed E-state index contributed by atoms with van der Waals surface area (Å²) in [6.45, 7) is -1.82. The lowest BCUT2D eigenvalue weighted by molar-refractivity contribution is -0.759. The van der Waals surface area contributed by atoms with E-state index in [1.54, 1.807) is 12.2 Å². The third-order valence-electron chi connectivity index (χ3n) is 7.60. The van der Waals surface area contributed by atoms with Gasteiger partial charge in [0.15, 0.2) is 6.10 Å². The largest absolute Gasteiger partial charge is 0.491 e. The van der Waals surface area contributed by atoms with E-state index in [9.17, 15) is 58.3 Å². The number of esters is 2. The summed E-state index contributed by atoms with van der Waals surface area (Å²) in [5, 5.41) is 49.8. The number of rotatable bonds is 23. The molecule has 0 heterocycles. The van der Waals surface area contributed by atoms with E-state index < -0.39 is 71.5 Å². The van der Waals surface area contributed by atoms with Crippen LogP contribution in [-0.2, 0) is 34.9 Å². The van der Waals surface area contributed by atoms with Gasteiger partial charge in [0, 0.05) is 12.8 Å². The minimum Gasteiger partial charge on any atom is -0.491 e. The van der Waals surface area contributed by atoms with Crippen molar-refractivity contribution >= 4 is 11.9 Å². The fourth-order valence-electron chi connectivity index (χ4n) is 5.18. The van der Waals surface area contributed by atoms with Gasteiger partial charge in [-0.05, 0) is 75.0 Å². The van der Waals surface area contributed by atoms with Crippen LogP contribution in [0.2, 0.25) is 0 Å². The van der Waals surface area contributed by atoms with Crippen molar-refractivity contribution < 1.29 is 72.1 Å². The topological polar surface area (TPSA) is 227 Å². The quantitative estimate of drug-likeness (QED) is 0.0487. The first-order chi connectivity index (χ1) is 23.1. The van der Waals surface area contributed by atoms with Gasteiger partial charge in [0.2, 0.25) is 0 Å². The van der Waals surface area contributed by atoms with Crippen LogP contribution in [0.15, 0.2) is 36.4 Å². The molecule has 1 aliphatic rings. The van der Waals surface area contributed by atoms with Crippen molar-refractivity contribution in [2.24, 2.45) is 11.8 Å². The Labute approximate surface area is 278 Å². The van der Waals surface area contributed by atoms with Crippen LogP contribution < -0.4 is 4.74 Å². The van der Waals surface area contributed by atoms with E-state index in [-0.39, 0.29) is 62.9 Å². The molecule has 0 radical (unpaired) electrons. The second-order valence-corrected chi connectivity index (χ2v) is 11.3. The van der Waals surface area contributed by atoms with Crippen LogP contribution in [0.3, 0.4) is 0 Å². The molecule has 19 heteroatoms. The van der Waals surface area contributed by atoms with Crippen LogP contribution in [0.1, 0.15) is 63.4 Å². The highest BCUT2D eigenvalue weighted by Gasteiger charge is 2.40. The van der Waals surface area contributed by atoms with E-state index in [1.807, 2.05) is 0 Å². The molecule has 49 heavy (non-hydrogen) atoms. The molecule has 1 saturated carbocycles. The maximum atomic E-state index is 12.9. The molecular formula is C30H41F3N2O14. The van der Waals surface area contributed by atoms with Gasteiger partial charge in [-0.3, -0.25) is 9.59 Å². The second-order valence-electron chi connectivity index (χ2n) is 11.3. The predicted molar refractivity (Wildman–Crippen MR) is 159 cm³/mol. The summed E-state index contributed by atoms with van der Waals surface area (Å²) in [6.07, 6.45) is -3.29. The molecule has 0 spiro atoms. The molecule has 1 aliphatic carbocycles. The highest BCUT2D eigenvalue weighted by molar-refractivity contribution is 5.70. The lowest BCUT2D eigenvalue weighted by atomic mass is 9.86. The van der Waals surface area contributed by atoms with E-state index in [0.717, 1.165) is 12.1 Å². The number of carbonyl (C=O) groups excluding carboxylic acids is 2. The monoisotopic (exact) mass is 710 g/mol. The summed E-state index contributed by atoms with van der Waals surface area (Å²) >= 11 is 0. The van der Waals surface area contributed by atoms with Crippen LogP contribution in [-0.4, -0.2) is 88.3 Å². The van der Waals surface area contributed by atoms with Crippen molar-refractivity contribution in [3.05, 3.63) is 62.2 Å². The second kappa shape index (κ2) is 21.0. The zero-order chi connectivity index (χ0) is 36.4. The molecule has 1 fully saturated rings. The summed E-state index contributed by atoms with van der Waals surface area (Å²) < 4.78 is 54.1. The number of aliphatic hydroxyl groups is 3. The first-order valence-corrected chi connectivity index (χ1v) is 15.5. The van der Waals surface area contributed by atoms with Crippen LogP contribution in [0, 0.1) is 32.1 Å². The first kappa shape index (κ1) is 40.9. The van der Waals surface area contributed by atoms with Crippen molar-refractivity contribution in [3.63, 3.8) is 0 Å². The lowest BCUT2D eigenvalue weighted by Gasteiger charge is -2.23. The van der Waals surface area contributed by atoms with Gasteiger partial charge in [0.1, 0.15) is 25.6 Å². The summed E-state index contributed by atoms with van der Waals surface area (Å²) in [6, 6.07) is 4.31. The molecule has 3 N–H and O–H groups in total. The normalized spacial score (nSPS) is 20.4. The Kier molecular flexibility index (Phi) is 17.5. The molecule has 0 aromatic heterocycles. The molecule has 0 aliphatic heterocycles. The van der Waals surface area contributed by atoms with Gasteiger partial charge in [0.25, 0.3) is 10.2 Å². The Bertz CT molecular complexity index is 1230. The average molecular weight is 711 g/mol. The smallest absolute Gasteiger partial charge is 0.416 e. The van der Waals surface area contributed by atoms with E-state index in [4.69, 9.17) is 14.2 Å². The number of hydrogen-bond acceptors (Lipinski definition) is 14. The Morgan fingerprint density at radius 1 is 0.959 bits per heavy atom. The number of aliphatic hydroxyl groups excluding tert-OH is 3. The minimum absolute atomic E-state index is 0.0345. The minimum atomic E-state index is -4.53. The Morgan fingerprint density at radius 2 is 1.65 bits per heavy atom. The third-order valence-corrected chi connectivity index (χ3v) is 7.60. The summed E-state index contributed by atoms with van der Waals surface area (Å²) in [4.78, 5) is 53.0. The Hall–Kier alpha value is -4.23. The molecule has 1 aromatic carbocycles. The number of halogens is 3. The highest BCUT2D eigenvalue weighted by atomic mass is 19.4. The maximum absolute atomic E-state index is 12.9.